The zero-order valence-corrected chi connectivity index (χ0v) is 16.6. The predicted molar refractivity (Wildman–Crippen MR) is 109 cm³/mol. The van der Waals surface area contributed by atoms with Crippen LogP contribution >= 0.6 is 0 Å². The van der Waals surface area contributed by atoms with Crippen LogP contribution in [0.4, 0.5) is 13.2 Å². The van der Waals surface area contributed by atoms with Gasteiger partial charge in [0.15, 0.2) is 0 Å². The Morgan fingerprint density at radius 2 is 1.77 bits per heavy atom. The number of benzene rings is 2. The Labute approximate surface area is 176 Å². The Morgan fingerprint density at radius 1 is 1.03 bits per heavy atom. The van der Waals surface area contributed by atoms with Crippen molar-refractivity contribution in [2.45, 2.75) is 18.8 Å². The second kappa shape index (κ2) is 7.44. The number of carbonyl (C=O) groups is 2. The third-order valence-corrected chi connectivity index (χ3v) is 6.24. The van der Waals surface area contributed by atoms with Crippen molar-refractivity contribution in [3.8, 4) is 11.3 Å². The lowest BCUT2D eigenvalue weighted by Crippen LogP contribution is -2.52. The first-order valence-electron chi connectivity index (χ1n) is 10.2. The largest absolute Gasteiger partial charge is 0.353 e. The van der Waals surface area contributed by atoms with Crippen molar-refractivity contribution in [2.24, 2.45) is 5.92 Å². The molecule has 31 heavy (non-hydrogen) atoms. The van der Waals surface area contributed by atoms with Gasteiger partial charge in [-0.1, -0.05) is 0 Å². The van der Waals surface area contributed by atoms with Crippen molar-refractivity contribution < 1.29 is 22.8 Å². The van der Waals surface area contributed by atoms with Gasteiger partial charge in [-0.15, -0.1) is 0 Å². The molecule has 3 aromatic rings. The van der Waals surface area contributed by atoms with E-state index in [1.165, 1.54) is 18.2 Å². The molecule has 1 saturated carbocycles. The highest BCUT2D eigenvalue weighted by molar-refractivity contribution is 5.93. The zero-order chi connectivity index (χ0) is 21.7. The lowest BCUT2D eigenvalue weighted by molar-refractivity contribution is -0.144. The first-order chi connectivity index (χ1) is 14.9. The summed E-state index contributed by atoms with van der Waals surface area (Å²) in [6, 6.07) is 7.93. The van der Waals surface area contributed by atoms with Gasteiger partial charge >= 0.3 is 0 Å². The molecule has 1 aromatic heterocycles. The van der Waals surface area contributed by atoms with Gasteiger partial charge in [0.25, 0.3) is 0 Å². The molecular formula is C23H20F3N3O2. The summed E-state index contributed by atoms with van der Waals surface area (Å²) in [6.45, 7) is 0.983. The Bertz CT molecular complexity index is 1180. The number of nitrogens with one attached hydrogen (secondary N) is 2. The van der Waals surface area contributed by atoms with Gasteiger partial charge in [0.2, 0.25) is 11.8 Å². The summed E-state index contributed by atoms with van der Waals surface area (Å²) in [7, 11) is 0. The number of halogens is 3. The number of aromatic amines is 1. The number of hydrogen-bond acceptors (Lipinski definition) is 2. The van der Waals surface area contributed by atoms with E-state index in [9.17, 15) is 22.8 Å². The van der Waals surface area contributed by atoms with Crippen LogP contribution in [0.1, 0.15) is 24.3 Å². The van der Waals surface area contributed by atoms with E-state index in [1.54, 1.807) is 17.0 Å². The topological polar surface area (TPSA) is 65.2 Å². The summed E-state index contributed by atoms with van der Waals surface area (Å²) < 4.78 is 41.9. The summed E-state index contributed by atoms with van der Waals surface area (Å²) in [5.74, 6) is -2.32. The first-order valence-corrected chi connectivity index (χ1v) is 10.2. The second-order valence-electron chi connectivity index (χ2n) is 8.21. The standard InChI is InChI=1S/C23H20F3N3O2/c24-15-3-1-12(2-4-15)21-20(17-9-16(25)10-18(26)22(17)28-21)13-7-14(8-13)23(31)29-6-5-27-19(30)11-29/h1-4,9-10,13-14,28H,5-8,11H2,(H,27,30)/t13-,14+. The zero-order valence-electron chi connectivity index (χ0n) is 16.6. The average Bonchev–Trinajstić information content (AvgIpc) is 3.07. The SMILES string of the molecule is O=C1CN(C(=O)[C@H]2C[C@@H](c3c(-c4ccc(F)cc4)[nH]c4c(F)cc(F)cc43)C2)CCN1. The minimum Gasteiger partial charge on any atom is -0.353 e. The van der Waals surface area contributed by atoms with Gasteiger partial charge in [0.05, 0.1) is 17.8 Å². The Balaban J connectivity index is 1.48. The van der Waals surface area contributed by atoms with Gasteiger partial charge in [-0.2, -0.15) is 0 Å². The maximum Gasteiger partial charge on any atom is 0.239 e. The van der Waals surface area contributed by atoms with Crippen LogP contribution in [-0.4, -0.2) is 41.3 Å². The Kier molecular flexibility index (Phi) is 4.72. The van der Waals surface area contributed by atoms with E-state index in [2.05, 4.69) is 10.3 Å². The molecule has 2 fully saturated rings. The molecule has 1 aliphatic carbocycles. The van der Waals surface area contributed by atoms with Crippen molar-refractivity contribution in [1.29, 1.82) is 0 Å². The molecule has 0 atom stereocenters. The fourth-order valence-corrected chi connectivity index (χ4v) is 4.65. The van der Waals surface area contributed by atoms with Gasteiger partial charge in [-0.25, -0.2) is 13.2 Å². The minimum atomic E-state index is -0.698. The number of hydrogen-bond donors (Lipinski definition) is 2. The number of nitrogens with zero attached hydrogens (tertiary/aromatic N) is 1. The van der Waals surface area contributed by atoms with Crippen LogP contribution in [0.3, 0.4) is 0 Å². The maximum atomic E-state index is 14.5. The monoisotopic (exact) mass is 427 g/mol. The van der Waals surface area contributed by atoms with Crippen LogP contribution in [-0.2, 0) is 9.59 Å². The third kappa shape index (κ3) is 3.45. The van der Waals surface area contributed by atoms with Gasteiger partial charge in [-0.05, 0) is 60.2 Å². The summed E-state index contributed by atoms with van der Waals surface area (Å²) in [4.78, 5) is 29.0. The molecule has 1 aliphatic heterocycles. The predicted octanol–water partition coefficient (Wildman–Crippen LogP) is 3.70. The van der Waals surface area contributed by atoms with E-state index in [0.717, 1.165) is 11.6 Å². The molecule has 0 unspecified atom stereocenters. The second-order valence-corrected chi connectivity index (χ2v) is 8.21. The maximum absolute atomic E-state index is 14.5. The number of fused-ring (bicyclic) bond motifs is 1. The Hall–Kier alpha value is -3.29. The summed E-state index contributed by atoms with van der Waals surface area (Å²) in [5, 5.41) is 3.13. The highest BCUT2D eigenvalue weighted by Gasteiger charge is 2.40. The van der Waals surface area contributed by atoms with Crippen molar-refractivity contribution in [3.63, 3.8) is 0 Å². The van der Waals surface area contributed by atoms with Crippen LogP contribution in [0, 0.1) is 23.4 Å². The molecule has 8 heteroatoms. The van der Waals surface area contributed by atoms with Crippen LogP contribution in [0.2, 0.25) is 0 Å². The van der Waals surface area contributed by atoms with Gasteiger partial charge < -0.3 is 15.2 Å². The van der Waals surface area contributed by atoms with Crippen LogP contribution in [0.25, 0.3) is 22.2 Å². The van der Waals surface area contributed by atoms with Crippen LogP contribution < -0.4 is 5.32 Å². The van der Waals surface area contributed by atoms with Crippen LogP contribution in [0.5, 0.6) is 0 Å². The molecule has 0 spiro atoms. The van der Waals surface area contributed by atoms with Crippen molar-refractivity contribution in [3.05, 3.63) is 59.4 Å². The molecule has 2 heterocycles. The van der Waals surface area contributed by atoms with Crippen LogP contribution in [0.15, 0.2) is 36.4 Å². The first kappa shape index (κ1) is 19.7. The molecule has 2 aliphatic rings. The highest BCUT2D eigenvalue weighted by Crippen LogP contribution is 2.48. The fraction of sp³-hybridized carbons (Fsp3) is 0.304. The average molecular weight is 427 g/mol. The molecule has 2 amide bonds. The third-order valence-electron chi connectivity index (χ3n) is 6.24. The summed E-state index contributed by atoms with van der Waals surface area (Å²) in [6.07, 6.45) is 1.05. The lowest BCUT2D eigenvalue weighted by Gasteiger charge is -2.39. The van der Waals surface area contributed by atoms with E-state index in [0.29, 0.717) is 42.6 Å². The minimum absolute atomic E-state index is 0.0599. The van der Waals surface area contributed by atoms with Gasteiger partial charge in [0.1, 0.15) is 17.5 Å². The molecule has 0 bridgehead atoms. The Morgan fingerprint density at radius 3 is 2.48 bits per heavy atom. The number of H-pyrrole nitrogens is 1. The van der Waals surface area contributed by atoms with Gasteiger partial charge in [-0.3, -0.25) is 9.59 Å². The summed E-state index contributed by atoms with van der Waals surface area (Å²) in [5.41, 5.74) is 2.20. The van der Waals surface area contributed by atoms with Crippen molar-refractivity contribution in [1.82, 2.24) is 15.2 Å². The molecule has 0 radical (unpaired) electrons. The van der Waals surface area contributed by atoms with E-state index in [1.807, 2.05) is 0 Å². The number of piperazine rings is 1. The lowest BCUT2D eigenvalue weighted by atomic mass is 9.69. The molecule has 2 N–H and O–H groups in total. The van der Waals surface area contributed by atoms with E-state index >= 15 is 0 Å². The number of rotatable bonds is 3. The normalized spacial score (nSPS) is 21.1. The number of aromatic nitrogens is 1. The molecule has 2 aromatic carbocycles. The fourth-order valence-electron chi connectivity index (χ4n) is 4.65. The van der Waals surface area contributed by atoms with Crippen molar-refractivity contribution in [2.75, 3.05) is 19.6 Å². The molecule has 5 nitrogen and oxygen atoms in total. The molecule has 1 saturated heterocycles. The smallest absolute Gasteiger partial charge is 0.239 e. The highest BCUT2D eigenvalue weighted by atomic mass is 19.1. The number of carbonyl (C=O) groups excluding carboxylic acids is 2. The summed E-state index contributed by atoms with van der Waals surface area (Å²) >= 11 is 0. The van der Waals surface area contributed by atoms with E-state index < -0.39 is 17.5 Å². The quantitative estimate of drug-likeness (QED) is 0.670. The van der Waals surface area contributed by atoms with E-state index in [-0.39, 0.29) is 35.7 Å². The number of amides is 2. The molecule has 160 valence electrons. The molecular weight excluding hydrogens is 407 g/mol. The van der Waals surface area contributed by atoms with E-state index in [4.69, 9.17) is 0 Å². The molecule has 5 rings (SSSR count). The van der Waals surface area contributed by atoms with Crippen molar-refractivity contribution >= 4 is 22.7 Å². The van der Waals surface area contributed by atoms with Gasteiger partial charge in [0, 0.05) is 30.5 Å².